The summed E-state index contributed by atoms with van der Waals surface area (Å²) < 4.78 is 6.01. The highest BCUT2D eigenvalue weighted by molar-refractivity contribution is 6.46. The van der Waals surface area contributed by atoms with E-state index in [0.717, 1.165) is 9.80 Å². The molecule has 1 aliphatic rings. The number of imide groups is 2. The maximum absolute atomic E-state index is 13.7. The van der Waals surface area contributed by atoms with Gasteiger partial charge < -0.3 is 4.74 Å². The first-order chi connectivity index (χ1) is 18.8. The van der Waals surface area contributed by atoms with Crippen LogP contribution in [0.2, 0.25) is 15.1 Å². The molecule has 1 heterocycles. The minimum atomic E-state index is -0.795. The van der Waals surface area contributed by atoms with Crippen molar-refractivity contribution in [2.24, 2.45) is 0 Å². The first-order valence-electron chi connectivity index (χ1n) is 11.7. The molecule has 0 N–H and O–H groups in total. The fourth-order valence-corrected chi connectivity index (χ4v) is 4.85. The number of rotatable bonds is 6. The number of ether oxygens (including phenoxy) is 1. The Bertz CT molecular complexity index is 1540. The quantitative estimate of drug-likeness (QED) is 0.173. The Morgan fingerprint density at radius 2 is 1.21 bits per heavy atom. The molecular formula is C30H19Cl3N2O4. The van der Waals surface area contributed by atoms with Crippen LogP contribution >= 0.6 is 34.8 Å². The van der Waals surface area contributed by atoms with E-state index in [1.54, 1.807) is 78.9 Å². The Balaban J connectivity index is 1.62. The van der Waals surface area contributed by atoms with Crippen LogP contribution in [0.4, 0.5) is 16.2 Å². The van der Waals surface area contributed by atoms with Gasteiger partial charge in [0.25, 0.3) is 11.8 Å². The van der Waals surface area contributed by atoms with E-state index in [0.29, 0.717) is 22.0 Å². The van der Waals surface area contributed by atoms with E-state index >= 15 is 0 Å². The van der Waals surface area contributed by atoms with Gasteiger partial charge in [0.05, 0.1) is 16.4 Å². The summed E-state index contributed by atoms with van der Waals surface area (Å²) in [4.78, 5) is 42.8. The van der Waals surface area contributed by atoms with Crippen molar-refractivity contribution in [3.05, 3.63) is 129 Å². The number of halogens is 3. The number of amides is 4. The largest absolute Gasteiger partial charge is 0.487 e. The molecular weight excluding hydrogens is 559 g/mol. The topological polar surface area (TPSA) is 66.9 Å². The third-order valence-electron chi connectivity index (χ3n) is 5.95. The molecule has 0 atom stereocenters. The molecule has 0 radical (unpaired) electrons. The number of hydrogen-bond acceptors (Lipinski definition) is 4. The number of carbonyl (C=O) groups excluding carboxylic acids is 3. The normalized spacial score (nSPS) is 13.6. The molecule has 5 rings (SSSR count). The summed E-state index contributed by atoms with van der Waals surface area (Å²) in [5.74, 6) is -1.39. The maximum Gasteiger partial charge on any atom is 0.343 e. The van der Waals surface area contributed by atoms with Gasteiger partial charge in [0.2, 0.25) is 0 Å². The smallest absolute Gasteiger partial charge is 0.343 e. The first kappa shape index (κ1) is 26.5. The van der Waals surface area contributed by atoms with E-state index in [-0.39, 0.29) is 33.5 Å². The van der Waals surface area contributed by atoms with Crippen molar-refractivity contribution in [1.29, 1.82) is 0 Å². The van der Waals surface area contributed by atoms with E-state index in [9.17, 15) is 14.4 Å². The van der Waals surface area contributed by atoms with E-state index in [2.05, 4.69) is 0 Å². The van der Waals surface area contributed by atoms with Crippen molar-refractivity contribution in [3.63, 3.8) is 0 Å². The van der Waals surface area contributed by atoms with Gasteiger partial charge in [-0.1, -0.05) is 89.4 Å². The molecule has 0 aliphatic carbocycles. The van der Waals surface area contributed by atoms with Gasteiger partial charge in [-0.25, -0.2) is 14.6 Å². The van der Waals surface area contributed by atoms with Gasteiger partial charge in [-0.05, 0) is 48.5 Å². The highest BCUT2D eigenvalue weighted by atomic mass is 35.5. The summed E-state index contributed by atoms with van der Waals surface area (Å²) in [6, 6.07) is 26.1. The SMILES string of the molecule is O=C1C(=Cc2cc(Cl)cc(Cl)c2OCc2ccccc2Cl)C(=O)N(c2ccccc2)C(=O)N1c1ccccc1. The molecule has 4 aromatic rings. The molecule has 1 aliphatic heterocycles. The third-order valence-corrected chi connectivity index (χ3v) is 6.81. The van der Waals surface area contributed by atoms with Crippen LogP contribution in [0.25, 0.3) is 6.08 Å². The summed E-state index contributed by atoms with van der Waals surface area (Å²) in [6.45, 7) is 0.0733. The number of anilines is 2. The third kappa shape index (κ3) is 5.40. The van der Waals surface area contributed by atoms with Crippen LogP contribution in [0.15, 0.2) is 103 Å². The van der Waals surface area contributed by atoms with Crippen molar-refractivity contribution in [1.82, 2.24) is 0 Å². The van der Waals surface area contributed by atoms with Crippen molar-refractivity contribution in [2.75, 3.05) is 9.80 Å². The van der Waals surface area contributed by atoms with Gasteiger partial charge in [-0.2, -0.15) is 0 Å². The van der Waals surface area contributed by atoms with Gasteiger partial charge in [0, 0.05) is 21.2 Å². The minimum absolute atomic E-state index is 0.0733. The minimum Gasteiger partial charge on any atom is -0.487 e. The van der Waals surface area contributed by atoms with Crippen LogP contribution in [-0.2, 0) is 16.2 Å². The van der Waals surface area contributed by atoms with Crippen LogP contribution < -0.4 is 14.5 Å². The zero-order valence-corrected chi connectivity index (χ0v) is 22.5. The molecule has 0 saturated carbocycles. The maximum atomic E-state index is 13.7. The van der Waals surface area contributed by atoms with E-state index in [1.807, 2.05) is 6.07 Å². The average molecular weight is 578 g/mol. The van der Waals surface area contributed by atoms with Crippen LogP contribution in [0.5, 0.6) is 5.75 Å². The molecule has 4 amide bonds. The lowest BCUT2D eigenvalue weighted by molar-refractivity contribution is -0.121. The number of carbonyl (C=O) groups is 3. The summed E-state index contributed by atoms with van der Waals surface area (Å²) in [6.07, 6.45) is 1.34. The Labute approximate surface area is 239 Å². The first-order valence-corrected chi connectivity index (χ1v) is 12.9. The van der Waals surface area contributed by atoms with Gasteiger partial charge in [-0.15, -0.1) is 0 Å². The fourth-order valence-electron chi connectivity index (χ4n) is 4.10. The molecule has 1 saturated heterocycles. The number of barbiturate groups is 1. The number of nitrogens with zero attached hydrogens (tertiary/aromatic N) is 2. The van der Waals surface area contributed by atoms with Crippen LogP contribution in [0, 0.1) is 0 Å². The van der Waals surface area contributed by atoms with Crippen molar-refractivity contribution >= 4 is 70.1 Å². The zero-order chi connectivity index (χ0) is 27.5. The van der Waals surface area contributed by atoms with Crippen LogP contribution in [-0.4, -0.2) is 17.8 Å². The predicted molar refractivity (Wildman–Crippen MR) is 153 cm³/mol. The highest BCUT2D eigenvalue weighted by Crippen LogP contribution is 2.37. The monoisotopic (exact) mass is 576 g/mol. The molecule has 0 aromatic heterocycles. The lowest BCUT2D eigenvalue weighted by atomic mass is 10.0. The van der Waals surface area contributed by atoms with E-state index in [1.165, 1.54) is 18.2 Å². The molecule has 4 aromatic carbocycles. The van der Waals surface area contributed by atoms with Crippen molar-refractivity contribution in [2.45, 2.75) is 6.61 Å². The number of para-hydroxylation sites is 2. The Hall–Kier alpha value is -4.10. The number of benzene rings is 4. The van der Waals surface area contributed by atoms with Crippen LogP contribution in [0.3, 0.4) is 0 Å². The second kappa shape index (κ2) is 11.3. The van der Waals surface area contributed by atoms with Gasteiger partial charge in [-0.3, -0.25) is 9.59 Å². The Kier molecular flexibility index (Phi) is 7.70. The lowest BCUT2D eigenvalue weighted by Gasteiger charge is -2.34. The molecule has 194 valence electrons. The average Bonchev–Trinajstić information content (AvgIpc) is 2.92. The van der Waals surface area contributed by atoms with Gasteiger partial charge >= 0.3 is 6.03 Å². The summed E-state index contributed by atoms with van der Waals surface area (Å²) in [7, 11) is 0. The lowest BCUT2D eigenvalue weighted by Crippen LogP contribution is -2.57. The molecule has 9 heteroatoms. The second-order valence-electron chi connectivity index (χ2n) is 8.48. The Morgan fingerprint density at radius 1 is 0.667 bits per heavy atom. The second-order valence-corrected chi connectivity index (χ2v) is 9.73. The van der Waals surface area contributed by atoms with Gasteiger partial charge in [0.15, 0.2) is 0 Å². The molecule has 39 heavy (non-hydrogen) atoms. The fraction of sp³-hybridized carbons (Fsp3) is 0.0333. The van der Waals surface area contributed by atoms with Gasteiger partial charge in [0.1, 0.15) is 17.9 Å². The van der Waals surface area contributed by atoms with E-state index < -0.39 is 17.8 Å². The molecule has 6 nitrogen and oxygen atoms in total. The summed E-state index contributed by atoms with van der Waals surface area (Å²) in [5, 5.41) is 0.951. The van der Waals surface area contributed by atoms with Crippen LogP contribution in [0.1, 0.15) is 11.1 Å². The van der Waals surface area contributed by atoms with Crippen molar-refractivity contribution in [3.8, 4) is 5.75 Å². The zero-order valence-electron chi connectivity index (χ0n) is 20.2. The summed E-state index contributed by atoms with van der Waals surface area (Å²) in [5.41, 5.74) is 1.34. The predicted octanol–water partition coefficient (Wildman–Crippen LogP) is 7.81. The standard InChI is InChI=1S/C30H19Cl3N2O4/c31-21-15-20(27(26(33)17-21)39-18-19-9-7-8-14-25(19)32)16-24-28(36)34(22-10-3-1-4-11-22)30(38)35(29(24)37)23-12-5-2-6-13-23/h1-17H,18H2. The molecule has 0 spiro atoms. The number of urea groups is 1. The molecule has 1 fully saturated rings. The summed E-state index contributed by atoms with van der Waals surface area (Å²) >= 11 is 19.1. The van der Waals surface area contributed by atoms with E-state index in [4.69, 9.17) is 39.5 Å². The Morgan fingerprint density at radius 3 is 1.77 bits per heavy atom. The number of hydrogen-bond donors (Lipinski definition) is 0. The molecule has 0 bridgehead atoms. The molecule has 0 unspecified atom stereocenters. The highest BCUT2D eigenvalue weighted by Gasteiger charge is 2.43. The van der Waals surface area contributed by atoms with Crippen molar-refractivity contribution < 1.29 is 19.1 Å².